The second-order valence-electron chi connectivity index (χ2n) is 8.03. The summed E-state index contributed by atoms with van der Waals surface area (Å²) in [5.41, 5.74) is 2.79. The van der Waals surface area contributed by atoms with E-state index < -0.39 is 0 Å². The molecule has 1 aromatic carbocycles. The summed E-state index contributed by atoms with van der Waals surface area (Å²) in [6.45, 7) is 3.40. The lowest BCUT2D eigenvalue weighted by Gasteiger charge is -2.44. The van der Waals surface area contributed by atoms with Gasteiger partial charge in [-0.1, -0.05) is 18.2 Å². The fourth-order valence-electron chi connectivity index (χ4n) is 4.90. The number of aromatic nitrogens is 2. The van der Waals surface area contributed by atoms with Crippen LogP contribution in [0.2, 0.25) is 0 Å². The molecule has 2 fully saturated rings. The van der Waals surface area contributed by atoms with Crippen LogP contribution in [0.1, 0.15) is 58.2 Å². The van der Waals surface area contributed by atoms with Crippen molar-refractivity contribution in [1.82, 2.24) is 20.0 Å². The van der Waals surface area contributed by atoms with Crippen LogP contribution < -0.4 is 5.32 Å². The Morgan fingerprint density at radius 3 is 2.86 bits per heavy atom. The highest BCUT2D eigenvalue weighted by atomic mass is 35.5. The van der Waals surface area contributed by atoms with Gasteiger partial charge in [-0.3, -0.25) is 14.4 Å². The predicted octanol–water partition coefficient (Wildman–Crippen LogP) is 2.99. The molecule has 4 heterocycles. The Hall–Kier alpha value is -1.80. The first kappa shape index (κ1) is 19.2. The molecule has 3 aliphatic heterocycles. The van der Waals surface area contributed by atoms with Crippen LogP contribution in [0.5, 0.6) is 0 Å². The summed E-state index contributed by atoms with van der Waals surface area (Å²) in [5.74, 6) is -0.300. The van der Waals surface area contributed by atoms with E-state index in [2.05, 4.69) is 15.3 Å². The number of fused-ring (bicyclic) bond motifs is 1. The number of carbonyl (C=O) groups excluding carboxylic acids is 1. The highest BCUT2D eigenvalue weighted by Gasteiger charge is 2.41. The standard InChI is InChI=1S/C21H24ClFN4O2/c22-21-15(14-4-1-2-6-16(14)23)5-3-7-26(21)18-8-24-9-19-20(18)17(10-28)25-27(19)13-11-29-12-13/h1-2,4,6,10,13,15,18,21,24H,3,5,7-9,11-12H2. The second kappa shape index (κ2) is 7.80. The number of likely N-dealkylation sites (tertiary alicyclic amines) is 1. The number of hydrogen-bond acceptors (Lipinski definition) is 5. The quantitative estimate of drug-likeness (QED) is 0.470. The summed E-state index contributed by atoms with van der Waals surface area (Å²) < 4.78 is 21.7. The van der Waals surface area contributed by atoms with Gasteiger partial charge < -0.3 is 10.1 Å². The van der Waals surface area contributed by atoms with Gasteiger partial charge in [0.25, 0.3) is 0 Å². The van der Waals surface area contributed by atoms with E-state index in [4.69, 9.17) is 16.3 Å². The minimum atomic E-state index is -0.353. The van der Waals surface area contributed by atoms with Crippen LogP contribution in [-0.4, -0.2) is 52.8 Å². The van der Waals surface area contributed by atoms with Gasteiger partial charge in [0.05, 0.1) is 36.5 Å². The summed E-state index contributed by atoms with van der Waals surface area (Å²) >= 11 is 6.95. The lowest BCUT2D eigenvalue weighted by Crippen LogP contribution is -2.48. The zero-order valence-electron chi connectivity index (χ0n) is 16.1. The first-order valence-electron chi connectivity index (χ1n) is 10.2. The van der Waals surface area contributed by atoms with E-state index in [0.717, 1.165) is 36.9 Å². The van der Waals surface area contributed by atoms with E-state index >= 15 is 0 Å². The molecule has 8 heteroatoms. The van der Waals surface area contributed by atoms with Gasteiger partial charge in [0.2, 0.25) is 0 Å². The molecule has 0 saturated carbocycles. The summed E-state index contributed by atoms with van der Waals surface area (Å²) in [6, 6.07) is 7.00. The lowest BCUT2D eigenvalue weighted by atomic mass is 9.87. The van der Waals surface area contributed by atoms with Crippen LogP contribution in [0.15, 0.2) is 24.3 Å². The Morgan fingerprint density at radius 2 is 2.14 bits per heavy atom. The largest absolute Gasteiger partial charge is 0.377 e. The van der Waals surface area contributed by atoms with Crippen molar-refractivity contribution in [3.8, 4) is 0 Å². The zero-order valence-corrected chi connectivity index (χ0v) is 16.8. The van der Waals surface area contributed by atoms with Crippen LogP contribution in [0.3, 0.4) is 0 Å². The Labute approximate surface area is 174 Å². The molecule has 3 atom stereocenters. The molecule has 154 valence electrons. The van der Waals surface area contributed by atoms with Crippen molar-refractivity contribution < 1.29 is 13.9 Å². The normalized spacial score (nSPS) is 28.0. The van der Waals surface area contributed by atoms with Gasteiger partial charge in [0.1, 0.15) is 11.5 Å². The number of ether oxygens (including phenoxy) is 1. The van der Waals surface area contributed by atoms with Crippen molar-refractivity contribution in [2.75, 3.05) is 26.3 Å². The fourth-order valence-corrected chi connectivity index (χ4v) is 5.40. The van der Waals surface area contributed by atoms with E-state index in [1.54, 1.807) is 6.07 Å². The van der Waals surface area contributed by atoms with Crippen LogP contribution in [0, 0.1) is 5.82 Å². The highest BCUT2D eigenvalue weighted by Crippen LogP contribution is 2.42. The molecule has 1 aromatic heterocycles. The number of hydrogen-bond donors (Lipinski definition) is 1. The number of nitrogens with one attached hydrogen (secondary N) is 1. The third kappa shape index (κ3) is 3.20. The minimum Gasteiger partial charge on any atom is -0.377 e. The van der Waals surface area contributed by atoms with Crippen molar-refractivity contribution in [2.45, 2.75) is 42.9 Å². The maximum Gasteiger partial charge on any atom is 0.170 e. The average molecular weight is 419 g/mol. The molecule has 0 amide bonds. The SMILES string of the molecule is O=Cc1nn(C2COC2)c2c1C(N1CCCC(c3ccccc3F)C1Cl)CNC2. The molecule has 0 spiro atoms. The van der Waals surface area contributed by atoms with Crippen LogP contribution in [-0.2, 0) is 11.3 Å². The van der Waals surface area contributed by atoms with Crippen LogP contribution >= 0.6 is 11.6 Å². The number of rotatable bonds is 4. The molecule has 3 unspecified atom stereocenters. The predicted molar refractivity (Wildman–Crippen MR) is 107 cm³/mol. The molecule has 6 nitrogen and oxygen atoms in total. The molecular formula is C21H24ClFN4O2. The highest BCUT2D eigenvalue weighted by molar-refractivity contribution is 6.21. The first-order valence-corrected chi connectivity index (χ1v) is 10.6. The summed E-state index contributed by atoms with van der Waals surface area (Å²) in [7, 11) is 0. The number of alkyl halides is 1. The summed E-state index contributed by atoms with van der Waals surface area (Å²) in [5, 5.41) is 8.06. The van der Waals surface area contributed by atoms with E-state index in [-0.39, 0.29) is 29.3 Å². The Kier molecular flexibility index (Phi) is 5.16. The van der Waals surface area contributed by atoms with Gasteiger partial charge in [-0.15, -0.1) is 11.6 Å². The van der Waals surface area contributed by atoms with Gasteiger partial charge in [-0.2, -0.15) is 5.10 Å². The van der Waals surface area contributed by atoms with Gasteiger partial charge in [0.15, 0.2) is 6.29 Å². The van der Waals surface area contributed by atoms with Crippen molar-refractivity contribution in [1.29, 1.82) is 0 Å². The van der Waals surface area contributed by atoms with Crippen molar-refractivity contribution in [3.63, 3.8) is 0 Å². The zero-order chi connectivity index (χ0) is 20.0. The Bertz CT molecular complexity index is 916. The Balaban J connectivity index is 1.49. The van der Waals surface area contributed by atoms with E-state index in [0.29, 0.717) is 37.6 Å². The summed E-state index contributed by atoms with van der Waals surface area (Å²) in [6.07, 6.45) is 2.61. The van der Waals surface area contributed by atoms with Gasteiger partial charge >= 0.3 is 0 Å². The van der Waals surface area contributed by atoms with Crippen LogP contribution in [0.25, 0.3) is 0 Å². The maximum atomic E-state index is 14.5. The number of halogens is 2. The molecule has 1 N–H and O–H groups in total. The topological polar surface area (TPSA) is 59.4 Å². The Morgan fingerprint density at radius 1 is 1.31 bits per heavy atom. The molecule has 3 aliphatic rings. The van der Waals surface area contributed by atoms with Crippen molar-refractivity contribution >= 4 is 17.9 Å². The molecule has 2 saturated heterocycles. The number of carbonyl (C=O) groups is 1. The molecular weight excluding hydrogens is 395 g/mol. The number of piperidine rings is 1. The monoisotopic (exact) mass is 418 g/mol. The minimum absolute atomic E-state index is 0.0641. The van der Waals surface area contributed by atoms with E-state index in [9.17, 15) is 9.18 Å². The number of aldehydes is 1. The van der Waals surface area contributed by atoms with E-state index in [1.165, 1.54) is 6.07 Å². The third-order valence-corrected chi connectivity index (χ3v) is 6.96. The molecule has 0 radical (unpaired) electrons. The smallest absolute Gasteiger partial charge is 0.170 e. The van der Waals surface area contributed by atoms with Crippen molar-refractivity contribution in [2.24, 2.45) is 0 Å². The van der Waals surface area contributed by atoms with Gasteiger partial charge in [-0.25, -0.2) is 4.39 Å². The summed E-state index contributed by atoms with van der Waals surface area (Å²) in [4.78, 5) is 14.0. The van der Waals surface area contributed by atoms with Crippen LogP contribution in [0.4, 0.5) is 4.39 Å². The molecule has 0 aliphatic carbocycles. The van der Waals surface area contributed by atoms with Crippen molar-refractivity contribution in [3.05, 3.63) is 52.6 Å². The van der Waals surface area contributed by atoms with Gasteiger partial charge in [0, 0.05) is 31.1 Å². The molecule has 2 aromatic rings. The number of benzene rings is 1. The maximum absolute atomic E-state index is 14.5. The van der Waals surface area contributed by atoms with Gasteiger partial charge in [-0.05, 0) is 24.5 Å². The van der Waals surface area contributed by atoms with E-state index in [1.807, 2.05) is 16.8 Å². The molecule has 0 bridgehead atoms. The molecule has 5 rings (SSSR count). The second-order valence-corrected chi connectivity index (χ2v) is 8.47. The fraction of sp³-hybridized carbons (Fsp3) is 0.524. The first-order chi connectivity index (χ1) is 14.2. The number of nitrogens with zero attached hydrogens (tertiary/aromatic N) is 3. The lowest BCUT2D eigenvalue weighted by molar-refractivity contribution is -0.0303. The third-order valence-electron chi connectivity index (χ3n) is 6.41. The molecule has 29 heavy (non-hydrogen) atoms. The average Bonchev–Trinajstić information content (AvgIpc) is 3.06.